The third kappa shape index (κ3) is 8.86. The number of unbranched alkanes of at least 4 members (excludes halogenated alkanes) is 8. The van der Waals surface area contributed by atoms with Gasteiger partial charge in [0.15, 0.2) is 0 Å². The first-order chi connectivity index (χ1) is 13.7. The lowest BCUT2D eigenvalue weighted by Gasteiger charge is -2.40. The molecule has 0 aromatic carbocycles. The Labute approximate surface area is 179 Å². The smallest absolute Gasteiger partial charge is 0.125 e. The lowest BCUT2D eigenvalue weighted by molar-refractivity contribution is 0.119. The molecule has 0 unspecified atom stereocenters. The van der Waals surface area contributed by atoms with Crippen LogP contribution >= 0.6 is 11.6 Å². The summed E-state index contributed by atoms with van der Waals surface area (Å²) in [6.45, 7) is 9.46. The van der Waals surface area contributed by atoms with Gasteiger partial charge < -0.3 is 9.80 Å². The Hall–Kier alpha value is -0.540. The van der Waals surface area contributed by atoms with Crippen LogP contribution in [0.2, 0.25) is 0 Å². The summed E-state index contributed by atoms with van der Waals surface area (Å²) in [6, 6.07) is 0.761. The second-order valence-electron chi connectivity index (χ2n) is 8.67. The minimum atomic E-state index is 0.761. The van der Waals surface area contributed by atoms with Crippen molar-refractivity contribution in [3.63, 3.8) is 0 Å². The lowest BCUT2D eigenvalue weighted by atomic mass is 10.0. The number of likely N-dealkylation sites (tertiary alicyclic amines) is 1. The van der Waals surface area contributed by atoms with E-state index >= 15 is 0 Å². The third-order valence-electron chi connectivity index (χ3n) is 6.32. The van der Waals surface area contributed by atoms with Gasteiger partial charge >= 0.3 is 0 Å². The summed E-state index contributed by atoms with van der Waals surface area (Å²) in [5.74, 6) is 1.12. The van der Waals surface area contributed by atoms with E-state index in [1.165, 1.54) is 90.1 Å². The first-order valence-electron chi connectivity index (χ1n) is 12.2. The third-order valence-corrected chi connectivity index (χ3v) is 6.59. The number of hydrogen-bond donors (Lipinski definition) is 0. The maximum atomic E-state index is 6.17. The van der Waals surface area contributed by atoms with Crippen molar-refractivity contribution in [1.29, 1.82) is 0 Å². The topological polar surface area (TPSA) is 18.8 Å². The Morgan fingerprint density at radius 1 is 0.929 bits per heavy atom. The van der Waals surface area contributed by atoms with Gasteiger partial charge in [0.05, 0.1) is 0 Å². The molecule has 0 saturated carbocycles. The number of halogens is 1. The van der Waals surface area contributed by atoms with Crippen LogP contribution in [0.5, 0.6) is 0 Å². The lowest BCUT2D eigenvalue weighted by Crippen LogP contribution is -2.45. The highest BCUT2D eigenvalue weighted by atomic mass is 35.5. The number of nitrogens with zero attached hydrogens (tertiary/aromatic N) is 3. The summed E-state index contributed by atoms with van der Waals surface area (Å²) in [7, 11) is 0. The van der Waals surface area contributed by atoms with Gasteiger partial charge in [0.1, 0.15) is 11.0 Å². The van der Waals surface area contributed by atoms with Crippen LogP contribution in [0.25, 0.3) is 0 Å². The van der Waals surface area contributed by atoms with Crippen LogP contribution in [0.3, 0.4) is 0 Å². The normalized spacial score (nSPS) is 18.5. The molecule has 2 rings (SSSR count). The monoisotopic (exact) mass is 409 g/mol. The van der Waals surface area contributed by atoms with Crippen molar-refractivity contribution in [3.05, 3.63) is 11.9 Å². The fourth-order valence-corrected chi connectivity index (χ4v) is 4.72. The molecule has 2 aliphatic rings. The maximum absolute atomic E-state index is 6.17. The van der Waals surface area contributed by atoms with Crippen LogP contribution in [-0.4, -0.2) is 47.2 Å². The molecule has 28 heavy (non-hydrogen) atoms. The number of aliphatic imine (C=N–C) groups is 1. The maximum Gasteiger partial charge on any atom is 0.125 e. The molecule has 0 radical (unpaired) electrons. The number of piperidine rings is 1. The van der Waals surface area contributed by atoms with E-state index in [2.05, 4.69) is 34.7 Å². The molecule has 3 nitrogen and oxygen atoms in total. The van der Waals surface area contributed by atoms with Crippen molar-refractivity contribution >= 4 is 16.8 Å². The highest BCUT2D eigenvalue weighted by Gasteiger charge is 2.25. The quantitative estimate of drug-likeness (QED) is 0.288. The van der Waals surface area contributed by atoms with E-state index in [4.69, 9.17) is 11.6 Å². The number of hydrogen-bond acceptors (Lipinski definition) is 3. The minimum Gasteiger partial charge on any atom is -0.357 e. The van der Waals surface area contributed by atoms with Gasteiger partial charge in [-0.2, -0.15) is 0 Å². The predicted octanol–water partition coefficient (Wildman–Crippen LogP) is 6.97. The molecule has 1 saturated heterocycles. The summed E-state index contributed by atoms with van der Waals surface area (Å²) in [6.07, 6.45) is 20.6. The molecule has 0 aromatic heterocycles. The molecule has 2 heterocycles. The molecule has 2 aliphatic heterocycles. The largest absolute Gasteiger partial charge is 0.357 e. The molecule has 162 valence electrons. The Kier molecular flexibility index (Phi) is 12.2. The number of allylic oxidation sites excluding steroid dienone is 1. The van der Waals surface area contributed by atoms with Crippen molar-refractivity contribution < 1.29 is 0 Å². The molecular weight excluding hydrogens is 366 g/mol. The van der Waals surface area contributed by atoms with E-state index in [9.17, 15) is 0 Å². The van der Waals surface area contributed by atoms with E-state index in [1.807, 2.05) is 0 Å². The van der Waals surface area contributed by atoms with Gasteiger partial charge in [-0.25, -0.2) is 4.99 Å². The predicted molar refractivity (Wildman–Crippen MR) is 124 cm³/mol. The van der Waals surface area contributed by atoms with Crippen LogP contribution in [0, 0.1) is 0 Å². The Morgan fingerprint density at radius 2 is 1.50 bits per heavy atom. The second-order valence-corrected chi connectivity index (χ2v) is 9.11. The van der Waals surface area contributed by atoms with Crippen molar-refractivity contribution in [1.82, 2.24) is 9.80 Å². The Bertz CT molecular complexity index is 466. The summed E-state index contributed by atoms with van der Waals surface area (Å²) in [5, 5.41) is 0.778. The zero-order chi connectivity index (χ0) is 20.0. The van der Waals surface area contributed by atoms with Crippen LogP contribution in [0.4, 0.5) is 0 Å². The zero-order valence-electron chi connectivity index (χ0n) is 18.6. The molecule has 0 atom stereocenters. The molecule has 0 N–H and O–H groups in total. The molecule has 4 heteroatoms. The van der Waals surface area contributed by atoms with Crippen LogP contribution in [0.15, 0.2) is 16.9 Å². The summed E-state index contributed by atoms with van der Waals surface area (Å²) >= 11 is 6.17. The van der Waals surface area contributed by atoms with Gasteiger partial charge in [-0.05, 0) is 51.3 Å². The zero-order valence-corrected chi connectivity index (χ0v) is 19.4. The highest BCUT2D eigenvalue weighted by molar-refractivity contribution is 6.65. The van der Waals surface area contributed by atoms with Crippen LogP contribution in [0.1, 0.15) is 104 Å². The van der Waals surface area contributed by atoms with Gasteiger partial charge in [-0.15, -0.1) is 0 Å². The molecule has 0 spiro atoms. The Morgan fingerprint density at radius 3 is 2.14 bits per heavy atom. The Balaban J connectivity index is 1.73. The standard InChI is InChI=1S/C24H44ClN3/c1-3-5-7-8-9-10-12-19-27(18-11-6-4-2)22-16-20-28(21-17-22)24-15-13-14-23(25)26-24/h15,22H,3-14,16-21H2,1-2H3. The van der Waals surface area contributed by atoms with E-state index in [1.54, 1.807) is 0 Å². The highest BCUT2D eigenvalue weighted by Crippen LogP contribution is 2.24. The molecule has 0 aliphatic carbocycles. The van der Waals surface area contributed by atoms with Crippen LogP contribution in [-0.2, 0) is 0 Å². The second kappa shape index (κ2) is 14.4. The van der Waals surface area contributed by atoms with Crippen molar-refractivity contribution in [2.75, 3.05) is 26.2 Å². The average Bonchev–Trinajstić information content (AvgIpc) is 2.72. The van der Waals surface area contributed by atoms with Gasteiger partial charge in [-0.3, -0.25) is 0 Å². The SMILES string of the molecule is CCCCCCCCCN(CCCCC)C1CCN(C2=CCCC(Cl)=N2)CC1. The van der Waals surface area contributed by atoms with Crippen molar-refractivity contribution in [2.24, 2.45) is 4.99 Å². The minimum absolute atomic E-state index is 0.761. The number of rotatable bonds is 14. The first-order valence-corrected chi connectivity index (χ1v) is 12.5. The van der Waals surface area contributed by atoms with Gasteiger partial charge in [-0.1, -0.05) is 76.8 Å². The summed E-state index contributed by atoms with van der Waals surface area (Å²) in [5.41, 5.74) is 0. The summed E-state index contributed by atoms with van der Waals surface area (Å²) in [4.78, 5) is 9.86. The van der Waals surface area contributed by atoms with E-state index in [0.29, 0.717) is 0 Å². The average molecular weight is 410 g/mol. The van der Waals surface area contributed by atoms with E-state index < -0.39 is 0 Å². The molecule has 0 aromatic rings. The van der Waals surface area contributed by atoms with Gasteiger partial charge in [0.25, 0.3) is 0 Å². The molecule has 0 bridgehead atoms. The van der Waals surface area contributed by atoms with Crippen molar-refractivity contribution in [2.45, 2.75) is 110 Å². The molecular formula is C24H44ClN3. The fraction of sp³-hybridized carbons (Fsp3) is 0.875. The molecule has 1 fully saturated rings. The summed E-state index contributed by atoms with van der Waals surface area (Å²) < 4.78 is 0. The van der Waals surface area contributed by atoms with E-state index in [-0.39, 0.29) is 0 Å². The van der Waals surface area contributed by atoms with Gasteiger partial charge in [0.2, 0.25) is 0 Å². The molecule has 0 amide bonds. The van der Waals surface area contributed by atoms with Crippen molar-refractivity contribution in [3.8, 4) is 0 Å². The van der Waals surface area contributed by atoms with Gasteiger partial charge in [0, 0.05) is 25.6 Å². The fourth-order valence-electron chi connectivity index (χ4n) is 4.52. The first kappa shape index (κ1) is 23.7. The van der Waals surface area contributed by atoms with E-state index in [0.717, 1.165) is 43.0 Å². The van der Waals surface area contributed by atoms with Crippen LogP contribution < -0.4 is 0 Å².